The van der Waals surface area contributed by atoms with Crippen molar-refractivity contribution in [2.45, 2.75) is 6.92 Å². The number of anilines is 1. The van der Waals surface area contributed by atoms with Crippen molar-refractivity contribution in [2.75, 3.05) is 44.6 Å². The molecule has 0 aliphatic carbocycles. The molecule has 0 atom stereocenters. The van der Waals surface area contributed by atoms with Crippen molar-refractivity contribution in [3.8, 4) is 5.75 Å². The van der Waals surface area contributed by atoms with Crippen molar-refractivity contribution in [1.29, 1.82) is 0 Å². The van der Waals surface area contributed by atoms with Gasteiger partial charge in [0.2, 0.25) is 0 Å². The summed E-state index contributed by atoms with van der Waals surface area (Å²) in [4.78, 5) is 27.9. The van der Waals surface area contributed by atoms with Gasteiger partial charge in [0.05, 0.1) is 43.5 Å². The lowest BCUT2D eigenvalue weighted by Crippen LogP contribution is -3.15. The van der Waals surface area contributed by atoms with E-state index in [-0.39, 0.29) is 11.8 Å². The Morgan fingerprint density at radius 1 is 1.11 bits per heavy atom. The number of nitrogens with one attached hydrogen (secondary N) is 2. The number of benzene rings is 2. The van der Waals surface area contributed by atoms with Gasteiger partial charge in [-0.2, -0.15) is 0 Å². The van der Waals surface area contributed by atoms with Crippen molar-refractivity contribution >= 4 is 29.1 Å². The number of carbonyl (C=O) groups excluding carboxylic acids is 2. The Bertz CT molecular complexity index is 818. The fraction of sp³-hybridized carbons (Fsp3) is 0.333. The van der Waals surface area contributed by atoms with Crippen molar-refractivity contribution in [1.82, 2.24) is 4.90 Å². The minimum Gasteiger partial charge on any atom is -0.494 e. The Kier molecular flexibility index (Phi) is 6.90. The standard InChI is InChI=1S/C21H24ClN3O3/c1-2-28-17-9-7-16(8-10-17)21(27)25-13-11-24(12-14-25)15-20(26)23-19-6-4-3-5-18(19)22/h3-10H,2,11-15H2,1H3,(H,23,26)/p+1. The highest BCUT2D eigenvalue weighted by Gasteiger charge is 2.26. The molecule has 148 valence electrons. The fourth-order valence-electron chi connectivity index (χ4n) is 3.23. The smallest absolute Gasteiger partial charge is 0.279 e. The number of para-hydroxylation sites is 1. The third-order valence-electron chi connectivity index (χ3n) is 4.73. The Hall–Kier alpha value is -2.57. The molecule has 2 amide bonds. The van der Waals surface area contributed by atoms with E-state index < -0.39 is 0 Å². The SMILES string of the molecule is CCOc1ccc(C(=O)N2CC[NH+](CC(=O)Nc3ccccc3Cl)CC2)cc1. The summed E-state index contributed by atoms with van der Waals surface area (Å²) >= 11 is 6.08. The molecule has 2 aromatic rings. The number of amides is 2. The van der Waals surface area contributed by atoms with E-state index in [4.69, 9.17) is 16.3 Å². The zero-order chi connectivity index (χ0) is 19.9. The number of hydrogen-bond donors (Lipinski definition) is 2. The highest BCUT2D eigenvalue weighted by Crippen LogP contribution is 2.20. The zero-order valence-corrected chi connectivity index (χ0v) is 16.7. The molecule has 3 rings (SSSR count). The summed E-state index contributed by atoms with van der Waals surface area (Å²) < 4.78 is 5.41. The quantitative estimate of drug-likeness (QED) is 0.773. The molecule has 28 heavy (non-hydrogen) atoms. The molecule has 0 spiro atoms. The molecule has 2 N–H and O–H groups in total. The van der Waals surface area contributed by atoms with Crippen LogP contribution in [0.5, 0.6) is 5.75 Å². The van der Waals surface area contributed by atoms with E-state index in [1.165, 1.54) is 0 Å². The van der Waals surface area contributed by atoms with Crippen LogP contribution in [0.4, 0.5) is 5.69 Å². The van der Waals surface area contributed by atoms with Crippen LogP contribution in [-0.4, -0.2) is 56.0 Å². The van der Waals surface area contributed by atoms with Gasteiger partial charge in [-0.05, 0) is 43.3 Å². The minimum atomic E-state index is -0.0746. The maximum absolute atomic E-state index is 12.7. The van der Waals surface area contributed by atoms with Crippen molar-refractivity contribution in [2.24, 2.45) is 0 Å². The lowest BCUT2D eigenvalue weighted by molar-refractivity contribution is -0.895. The van der Waals surface area contributed by atoms with Crippen molar-refractivity contribution in [3.63, 3.8) is 0 Å². The molecule has 1 aliphatic rings. The topological polar surface area (TPSA) is 63.1 Å². The predicted octanol–water partition coefficient (Wildman–Crippen LogP) is 1.72. The molecule has 1 saturated heterocycles. The number of nitrogens with zero attached hydrogens (tertiary/aromatic N) is 1. The van der Waals surface area contributed by atoms with Crippen LogP contribution in [0.3, 0.4) is 0 Å². The van der Waals surface area contributed by atoms with Crippen LogP contribution in [-0.2, 0) is 4.79 Å². The van der Waals surface area contributed by atoms with E-state index in [1.807, 2.05) is 36.1 Å². The largest absolute Gasteiger partial charge is 0.494 e. The van der Waals surface area contributed by atoms with Crippen LogP contribution < -0.4 is 15.0 Å². The first-order valence-corrected chi connectivity index (χ1v) is 9.84. The highest BCUT2D eigenvalue weighted by atomic mass is 35.5. The molecule has 1 heterocycles. The minimum absolute atomic E-state index is 0.0163. The van der Waals surface area contributed by atoms with Crippen molar-refractivity contribution in [3.05, 3.63) is 59.1 Å². The first-order chi connectivity index (χ1) is 13.6. The second-order valence-electron chi connectivity index (χ2n) is 6.70. The second kappa shape index (κ2) is 9.57. The Morgan fingerprint density at radius 3 is 2.43 bits per heavy atom. The molecule has 0 aromatic heterocycles. The molecule has 0 bridgehead atoms. The third-order valence-corrected chi connectivity index (χ3v) is 5.06. The van der Waals surface area contributed by atoms with E-state index >= 15 is 0 Å². The number of carbonyl (C=O) groups is 2. The number of hydrogen-bond acceptors (Lipinski definition) is 3. The van der Waals surface area contributed by atoms with Gasteiger partial charge in [-0.15, -0.1) is 0 Å². The highest BCUT2D eigenvalue weighted by molar-refractivity contribution is 6.33. The summed E-state index contributed by atoms with van der Waals surface area (Å²) in [5.41, 5.74) is 1.28. The summed E-state index contributed by atoms with van der Waals surface area (Å²) in [6, 6.07) is 14.4. The van der Waals surface area contributed by atoms with Crippen LogP contribution in [0, 0.1) is 0 Å². The van der Waals surface area contributed by atoms with E-state index in [2.05, 4.69) is 5.32 Å². The van der Waals surface area contributed by atoms with Crippen LogP contribution in [0.25, 0.3) is 0 Å². The molecule has 1 fully saturated rings. The number of ether oxygens (including phenoxy) is 1. The van der Waals surface area contributed by atoms with Crippen LogP contribution in [0.2, 0.25) is 5.02 Å². The number of piperazine rings is 1. The maximum Gasteiger partial charge on any atom is 0.279 e. The Morgan fingerprint density at radius 2 is 1.79 bits per heavy atom. The van der Waals surface area contributed by atoms with Crippen molar-refractivity contribution < 1.29 is 19.2 Å². The van der Waals surface area contributed by atoms with Gasteiger partial charge in [0.1, 0.15) is 5.75 Å². The number of halogens is 1. The van der Waals surface area contributed by atoms with Gasteiger partial charge >= 0.3 is 0 Å². The lowest BCUT2D eigenvalue weighted by atomic mass is 10.1. The van der Waals surface area contributed by atoms with E-state index in [1.54, 1.807) is 24.3 Å². The maximum atomic E-state index is 12.7. The van der Waals surface area contributed by atoms with Gasteiger partial charge in [-0.25, -0.2) is 0 Å². The lowest BCUT2D eigenvalue weighted by Gasteiger charge is -2.32. The number of quaternary nitrogens is 1. The zero-order valence-electron chi connectivity index (χ0n) is 15.9. The van der Waals surface area contributed by atoms with Gasteiger partial charge in [0, 0.05) is 5.56 Å². The average molecular weight is 403 g/mol. The van der Waals surface area contributed by atoms with Gasteiger partial charge < -0.3 is 19.9 Å². The molecule has 0 unspecified atom stereocenters. The van der Waals surface area contributed by atoms with Crippen LogP contribution >= 0.6 is 11.6 Å². The van der Waals surface area contributed by atoms with Gasteiger partial charge in [-0.3, -0.25) is 9.59 Å². The van der Waals surface area contributed by atoms with Gasteiger partial charge in [-0.1, -0.05) is 23.7 Å². The first-order valence-electron chi connectivity index (χ1n) is 9.47. The van der Waals surface area contributed by atoms with Gasteiger partial charge in [0.25, 0.3) is 11.8 Å². The van der Waals surface area contributed by atoms with Crippen LogP contribution in [0.15, 0.2) is 48.5 Å². The van der Waals surface area contributed by atoms with E-state index in [9.17, 15) is 9.59 Å². The normalized spacial score (nSPS) is 14.6. The average Bonchev–Trinajstić information content (AvgIpc) is 2.71. The molecule has 6 nitrogen and oxygen atoms in total. The third kappa shape index (κ3) is 5.24. The molecule has 0 radical (unpaired) electrons. The molecular weight excluding hydrogens is 378 g/mol. The predicted molar refractivity (Wildman–Crippen MR) is 109 cm³/mol. The van der Waals surface area contributed by atoms with E-state index in [0.717, 1.165) is 23.7 Å². The summed E-state index contributed by atoms with van der Waals surface area (Å²) in [5, 5.41) is 3.37. The molecule has 2 aromatic carbocycles. The summed E-state index contributed by atoms with van der Waals surface area (Å²) in [7, 11) is 0. The molecule has 1 aliphatic heterocycles. The summed E-state index contributed by atoms with van der Waals surface area (Å²) in [6.07, 6.45) is 0. The summed E-state index contributed by atoms with van der Waals surface area (Å²) in [6.45, 7) is 5.60. The Labute approximate surface area is 170 Å². The van der Waals surface area contributed by atoms with Crippen LogP contribution in [0.1, 0.15) is 17.3 Å². The van der Waals surface area contributed by atoms with Gasteiger partial charge in [0.15, 0.2) is 6.54 Å². The fourth-order valence-corrected chi connectivity index (χ4v) is 3.41. The second-order valence-corrected chi connectivity index (χ2v) is 7.11. The monoisotopic (exact) mass is 402 g/mol. The first kappa shape index (κ1) is 20.2. The molecule has 7 heteroatoms. The molecular formula is C21H25ClN3O3+. The Balaban J connectivity index is 1.48. The van der Waals surface area contributed by atoms with E-state index in [0.29, 0.717) is 42.5 Å². The summed E-state index contributed by atoms with van der Waals surface area (Å²) in [5.74, 6) is 0.704. The molecule has 0 saturated carbocycles. The number of rotatable bonds is 6.